The summed E-state index contributed by atoms with van der Waals surface area (Å²) in [5.74, 6) is 1.45. The standard InChI is InChI=1S/C17H15Cl2N3O/c1-11-8-12(18)9-14(19)16(11)23-7-6-20-17-13-4-2-3-5-15(13)21-10-22-17/h2-5,8-10H,6-7H2,1H3,(H,20,21,22). The summed E-state index contributed by atoms with van der Waals surface area (Å²) in [6.07, 6.45) is 1.55. The van der Waals surface area contributed by atoms with E-state index < -0.39 is 0 Å². The van der Waals surface area contributed by atoms with Crippen LogP contribution in [0.2, 0.25) is 10.0 Å². The summed E-state index contributed by atoms with van der Waals surface area (Å²) in [7, 11) is 0. The third-order valence-electron chi connectivity index (χ3n) is 3.38. The number of para-hydroxylation sites is 1. The SMILES string of the molecule is Cc1cc(Cl)cc(Cl)c1OCCNc1ncnc2ccccc12. The Balaban J connectivity index is 1.64. The van der Waals surface area contributed by atoms with Crippen molar-refractivity contribution in [2.75, 3.05) is 18.5 Å². The van der Waals surface area contributed by atoms with Crippen molar-refractivity contribution in [3.05, 3.63) is 58.3 Å². The Morgan fingerprint density at radius 1 is 1.13 bits per heavy atom. The van der Waals surface area contributed by atoms with Crippen LogP contribution in [-0.4, -0.2) is 23.1 Å². The molecule has 0 saturated heterocycles. The van der Waals surface area contributed by atoms with Crippen LogP contribution in [-0.2, 0) is 0 Å². The lowest BCUT2D eigenvalue weighted by molar-refractivity contribution is 0.331. The van der Waals surface area contributed by atoms with E-state index in [0.29, 0.717) is 28.9 Å². The Labute approximate surface area is 144 Å². The highest BCUT2D eigenvalue weighted by Crippen LogP contribution is 2.31. The number of anilines is 1. The largest absolute Gasteiger partial charge is 0.490 e. The number of ether oxygens (including phenoxy) is 1. The highest BCUT2D eigenvalue weighted by molar-refractivity contribution is 6.35. The average Bonchev–Trinajstić information content (AvgIpc) is 2.53. The van der Waals surface area contributed by atoms with Crippen molar-refractivity contribution in [2.45, 2.75) is 6.92 Å². The van der Waals surface area contributed by atoms with Gasteiger partial charge in [-0.25, -0.2) is 9.97 Å². The van der Waals surface area contributed by atoms with E-state index >= 15 is 0 Å². The Bertz CT molecular complexity index is 811. The van der Waals surface area contributed by atoms with Crippen molar-refractivity contribution >= 4 is 39.9 Å². The summed E-state index contributed by atoms with van der Waals surface area (Å²) in [4.78, 5) is 8.51. The molecule has 3 rings (SSSR count). The molecule has 2 aromatic carbocycles. The molecular weight excluding hydrogens is 333 g/mol. The van der Waals surface area contributed by atoms with E-state index in [4.69, 9.17) is 27.9 Å². The summed E-state index contributed by atoms with van der Waals surface area (Å²) in [5, 5.41) is 5.36. The summed E-state index contributed by atoms with van der Waals surface area (Å²) in [5.41, 5.74) is 1.82. The molecule has 0 saturated carbocycles. The number of hydrogen-bond donors (Lipinski definition) is 1. The van der Waals surface area contributed by atoms with Gasteiger partial charge in [0.15, 0.2) is 0 Å². The van der Waals surface area contributed by atoms with E-state index in [9.17, 15) is 0 Å². The molecule has 1 N–H and O–H groups in total. The monoisotopic (exact) mass is 347 g/mol. The molecule has 6 heteroatoms. The molecule has 118 valence electrons. The van der Waals surface area contributed by atoms with E-state index in [2.05, 4.69) is 15.3 Å². The van der Waals surface area contributed by atoms with Crippen LogP contribution in [0.15, 0.2) is 42.7 Å². The van der Waals surface area contributed by atoms with Gasteiger partial charge in [-0.15, -0.1) is 0 Å². The first kappa shape index (κ1) is 15.8. The fraction of sp³-hybridized carbons (Fsp3) is 0.176. The van der Waals surface area contributed by atoms with Crippen LogP contribution in [0.3, 0.4) is 0 Å². The number of nitrogens with one attached hydrogen (secondary N) is 1. The number of hydrogen-bond acceptors (Lipinski definition) is 4. The molecule has 0 fully saturated rings. The van der Waals surface area contributed by atoms with Crippen molar-refractivity contribution in [3.8, 4) is 5.75 Å². The maximum atomic E-state index is 6.16. The number of benzene rings is 2. The number of aryl methyl sites for hydroxylation is 1. The number of aromatic nitrogens is 2. The zero-order valence-corrected chi connectivity index (χ0v) is 14.0. The smallest absolute Gasteiger partial charge is 0.140 e. The molecule has 3 aromatic rings. The third-order valence-corrected chi connectivity index (χ3v) is 3.88. The van der Waals surface area contributed by atoms with Crippen molar-refractivity contribution in [2.24, 2.45) is 0 Å². The average molecular weight is 348 g/mol. The van der Waals surface area contributed by atoms with Crippen molar-refractivity contribution in [1.82, 2.24) is 9.97 Å². The summed E-state index contributed by atoms with van der Waals surface area (Å²) in [6, 6.07) is 11.4. The predicted octanol–water partition coefficient (Wildman–Crippen LogP) is 4.74. The fourth-order valence-electron chi connectivity index (χ4n) is 2.34. The molecule has 23 heavy (non-hydrogen) atoms. The van der Waals surface area contributed by atoms with E-state index in [1.807, 2.05) is 37.3 Å². The maximum Gasteiger partial charge on any atom is 0.140 e. The van der Waals surface area contributed by atoms with Gasteiger partial charge in [0.1, 0.15) is 24.5 Å². The van der Waals surface area contributed by atoms with Gasteiger partial charge in [0.05, 0.1) is 17.1 Å². The van der Waals surface area contributed by atoms with Crippen LogP contribution in [0.25, 0.3) is 10.9 Å². The Morgan fingerprint density at radius 2 is 1.96 bits per heavy atom. The molecular formula is C17H15Cl2N3O. The van der Waals surface area contributed by atoms with E-state index in [0.717, 1.165) is 22.3 Å². The molecule has 0 aliphatic carbocycles. The van der Waals surface area contributed by atoms with Gasteiger partial charge in [-0.2, -0.15) is 0 Å². The first-order valence-corrected chi connectivity index (χ1v) is 7.93. The number of rotatable bonds is 5. The van der Waals surface area contributed by atoms with Gasteiger partial charge in [-0.05, 0) is 36.8 Å². The highest BCUT2D eigenvalue weighted by Gasteiger charge is 2.08. The van der Waals surface area contributed by atoms with Crippen LogP contribution in [0, 0.1) is 6.92 Å². The Kier molecular flexibility index (Phi) is 4.84. The molecule has 0 spiro atoms. The Hall–Kier alpha value is -2.04. The van der Waals surface area contributed by atoms with E-state index in [1.165, 1.54) is 0 Å². The summed E-state index contributed by atoms with van der Waals surface area (Å²) < 4.78 is 5.76. The van der Waals surface area contributed by atoms with E-state index in [1.54, 1.807) is 12.4 Å². The van der Waals surface area contributed by atoms with Crippen LogP contribution in [0.4, 0.5) is 5.82 Å². The maximum absolute atomic E-state index is 6.16. The van der Waals surface area contributed by atoms with Crippen LogP contribution in [0.5, 0.6) is 5.75 Å². The van der Waals surface area contributed by atoms with Crippen molar-refractivity contribution in [1.29, 1.82) is 0 Å². The number of fused-ring (bicyclic) bond motifs is 1. The lowest BCUT2D eigenvalue weighted by atomic mass is 10.2. The van der Waals surface area contributed by atoms with Gasteiger partial charge in [-0.3, -0.25) is 0 Å². The quantitative estimate of drug-likeness (QED) is 0.677. The first-order chi connectivity index (χ1) is 11.1. The number of nitrogens with zero attached hydrogens (tertiary/aromatic N) is 2. The highest BCUT2D eigenvalue weighted by atomic mass is 35.5. The lowest BCUT2D eigenvalue weighted by Gasteiger charge is -2.12. The fourth-order valence-corrected chi connectivity index (χ4v) is 2.99. The minimum atomic E-state index is 0.459. The predicted molar refractivity (Wildman–Crippen MR) is 94.7 cm³/mol. The number of halogens is 2. The molecule has 0 bridgehead atoms. The Morgan fingerprint density at radius 3 is 2.78 bits per heavy atom. The zero-order valence-electron chi connectivity index (χ0n) is 12.5. The van der Waals surface area contributed by atoms with Gasteiger partial charge >= 0.3 is 0 Å². The van der Waals surface area contributed by atoms with Crippen molar-refractivity contribution < 1.29 is 4.74 Å². The van der Waals surface area contributed by atoms with Crippen molar-refractivity contribution in [3.63, 3.8) is 0 Å². The topological polar surface area (TPSA) is 47.0 Å². The molecule has 1 aromatic heterocycles. The molecule has 0 amide bonds. The minimum absolute atomic E-state index is 0.459. The minimum Gasteiger partial charge on any atom is -0.490 e. The molecule has 0 radical (unpaired) electrons. The molecule has 1 heterocycles. The second kappa shape index (κ2) is 7.02. The normalized spacial score (nSPS) is 10.7. The summed E-state index contributed by atoms with van der Waals surface area (Å²) >= 11 is 12.1. The second-order valence-corrected chi connectivity index (χ2v) is 5.89. The molecule has 0 unspecified atom stereocenters. The van der Waals surface area contributed by atoms with E-state index in [-0.39, 0.29) is 0 Å². The summed E-state index contributed by atoms with van der Waals surface area (Å²) in [6.45, 7) is 2.97. The molecule has 4 nitrogen and oxygen atoms in total. The van der Waals surface area contributed by atoms with Gasteiger partial charge in [0.25, 0.3) is 0 Å². The lowest BCUT2D eigenvalue weighted by Crippen LogP contribution is -2.13. The molecule has 0 aliphatic rings. The van der Waals surface area contributed by atoms with Gasteiger partial charge in [0, 0.05) is 10.4 Å². The first-order valence-electron chi connectivity index (χ1n) is 7.17. The molecule has 0 aliphatic heterocycles. The molecule has 0 atom stereocenters. The van der Waals surface area contributed by atoms with Gasteiger partial charge < -0.3 is 10.1 Å². The van der Waals surface area contributed by atoms with Gasteiger partial charge in [-0.1, -0.05) is 35.3 Å². The zero-order chi connectivity index (χ0) is 16.2. The van der Waals surface area contributed by atoms with Gasteiger partial charge in [0.2, 0.25) is 0 Å². The third kappa shape index (κ3) is 3.66. The van der Waals surface area contributed by atoms with Crippen LogP contribution in [0.1, 0.15) is 5.56 Å². The second-order valence-electron chi connectivity index (χ2n) is 5.05. The van der Waals surface area contributed by atoms with Crippen LogP contribution >= 0.6 is 23.2 Å². The van der Waals surface area contributed by atoms with Crippen LogP contribution < -0.4 is 10.1 Å².